The lowest BCUT2D eigenvalue weighted by Crippen LogP contribution is -2.31. The van der Waals surface area contributed by atoms with Gasteiger partial charge < -0.3 is 14.0 Å². The van der Waals surface area contributed by atoms with Crippen molar-refractivity contribution in [3.63, 3.8) is 0 Å². The van der Waals surface area contributed by atoms with E-state index in [4.69, 9.17) is 9.47 Å². The summed E-state index contributed by atoms with van der Waals surface area (Å²) >= 11 is 0. The predicted octanol–water partition coefficient (Wildman–Crippen LogP) is 2.67. The van der Waals surface area contributed by atoms with E-state index in [0.717, 1.165) is 0 Å². The van der Waals surface area contributed by atoms with Gasteiger partial charge in [0.15, 0.2) is 0 Å². The Balaban J connectivity index is 2.00. The fraction of sp³-hybridized carbons (Fsp3) is 0.211. The Morgan fingerprint density at radius 3 is 2.50 bits per heavy atom. The molecule has 4 rings (SSSR count). The maximum atomic E-state index is 13.0. The lowest BCUT2D eigenvalue weighted by molar-refractivity contribution is -0.561. The first-order valence-electron chi connectivity index (χ1n) is 8.08. The van der Waals surface area contributed by atoms with Gasteiger partial charge >= 0.3 is 6.23 Å². The summed E-state index contributed by atoms with van der Waals surface area (Å²) in [5, 5.41) is 12.3. The van der Waals surface area contributed by atoms with E-state index in [2.05, 4.69) is 0 Å². The van der Waals surface area contributed by atoms with Gasteiger partial charge in [-0.25, -0.2) is 0 Å². The molecular formula is C19H16N2O5. The first-order chi connectivity index (χ1) is 12.5. The number of hydrogen-bond donors (Lipinski definition) is 0. The highest BCUT2D eigenvalue weighted by Gasteiger charge is 2.47. The van der Waals surface area contributed by atoms with Crippen LogP contribution in [0, 0.1) is 10.1 Å². The van der Waals surface area contributed by atoms with Gasteiger partial charge in [-0.2, -0.15) is 0 Å². The summed E-state index contributed by atoms with van der Waals surface area (Å²) in [6, 6.07) is 14.1. The molecule has 0 aliphatic carbocycles. The molecule has 2 aromatic carbocycles. The molecule has 1 aromatic heterocycles. The quantitative estimate of drug-likeness (QED) is 0.534. The Hall–Kier alpha value is -3.35. The third-order valence-electron chi connectivity index (χ3n) is 4.81. The maximum absolute atomic E-state index is 13.0. The van der Waals surface area contributed by atoms with Crippen LogP contribution in [0.2, 0.25) is 0 Å². The molecule has 0 bridgehead atoms. The lowest BCUT2D eigenvalue weighted by Gasteiger charge is -2.13. The highest BCUT2D eigenvalue weighted by Crippen LogP contribution is 2.44. The summed E-state index contributed by atoms with van der Waals surface area (Å²) in [4.78, 5) is 24.2. The molecule has 0 saturated carbocycles. The number of aryl methyl sites for hydroxylation is 1. The number of benzene rings is 2. The number of aromatic nitrogens is 1. The summed E-state index contributed by atoms with van der Waals surface area (Å²) in [5.74, 6) is 0.150. The number of methoxy groups -OCH3 is 1. The zero-order valence-corrected chi connectivity index (χ0v) is 14.2. The van der Waals surface area contributed by atoms with Crippen LogP contribution in [0.25, 0.3) is 10.9 Å². The molecule has 1 aliphatic rings. The van der Waals surface area contributed by atoms with Gasteiger partial charge in [-0.1, -0.05) is 24.3 Å². The van der Waals surface area contributed by atoms with Crippen LogP contribution in [-0.4, -0.2) is 22.8 Å². The topological polar surface area (TPSA) is 83.6 Å². The molecule has 1 aliphatic heterocycles. The molecule has 0 radical (unpaired) electrons. The van der Waals surface area contributed by atoms with Crippen LogP contribution < -0.4 is 15.0 Å². The van der Waals surface area contributed by atoms with Gasteiger partial charge in [0.1, 0.15) is 17.4 Å². The van der Waals surface area contributed by atoms with Gasteiger partial charge in [-0.3, -0.25) is 14.9 Å². The van der Waals surface area contributed by atoms with E-state index in [0.29, 0.717) is 33.5 Å². The van der Waals surface area contributed by atoms with E-state index in [-0.39, 0.29) is 5.56 Å². The van der Waals surface area contributed by atoms with E-state index in [1.165, 1.54) is 4.57 Å². The van der Waals surface area contributed by atoms with Gasteiger partial charge in [-0.05, 0) is 29.8 Å². The normalized spacial score (nSPS) is 18.4. The predicted molar refractivity (Wildman–Crippen MR) is 95.4 cm³/mol. The zero-order valence-electron chi connectivity index (χ0n) is 14.2. The molecule has 7 nitrogen and oxygen atoms in total. The molecule has 132 valence electrons. The van der Waals surface area contributed by atoms with Crippen molar-refractivity contribution >= 4 is 10.9 Å². The van der Waals surface area contributed by atoms with Crippen LogP contribution >= 0.6 is 0 Å². The summed E-state index contributed by atoms with van der Waals surface area (Å²) in [7, 11) is 3.21. The number of para-hydroxylation sites is 1. The second-order valence-corrected chi connectivity index (χ2v) is 6.17. The Bertz CT molecular complexity index is 1070. The fourth-order valence-corrected chi connectivity index (χ4v) is 3.53. The Kier molecular flexibility index (Phi) is 3.64. The van der Waals surface area contributed by atoms with E-state index in [1.54, 1.807) is 50.6 Å². The maximum Gasteiger partial charge on any atom is 0.365 e. The van der Waals surface area contributed by atoms with Crippen molar-refractivity contribution in [1.82, 2.24) is 4.57 Å². The van der Waals surface area contributed by atoms with Crippen molar-refractivity contribution in [1.29, 1.82) is 0 Å². The number of rotatable bonds is 3. The Labute approximate surface area is 148 Å². The van der Waals surface area contributed by atoms with Crippen molar-refractivity contribution in [2.24, 2.45) is 7.05 Å². The summed E-state index contributed by atoms with van der Waals surface area (Å²) in [6.07, 6.45) is -1.35. The van der Waals surface area contributed by atoms with Crippen molar-refractivity contribution in [2.75, 3.05) is 7.11 Å². The first-order valence-corrected chi connectivity index (χ1v) is 8.08. The van der Waals surface area contributed by atoms with Crippen molar-refractivity contribution in [3.8, 4) is 11.5 Å². The molecule has 7 heteroatoms. The summed E-state index contributed by atoms with van der Waals surface area (Å²) in [6.45, 7) is 0. The molecule has 2 heterocycles. The van der Waals surface area contributed by atoms with Gasteiger partial charge in [0.25, 0.3) is 5.56 Å². The SMILES string of the molecule is COc1ccc([C@@H]2c3c(c4ccccc4n(C)c3=O)O[C@H]2[N+](=O)[O-])cc1. The molecule has 0 unspecified atom stereocenters. The van der Waals surface area contributed by atoms with Crippen molar-refractivity contribution in [2.45, 2.75) is 12.1 Å². The van der Waals surface area contributed by atoms with E-state index >= 15 is 0 Å². The molecule has 0 spiro atoms. The minimum atomic E-state index is -1.35. The van der Waals surface area contributed by atoms with Crippen LogP contribution in [0.5, 0.6) is 11.5 Å². The Morgan fingerprint density at radius 2 is 1.85 bits per heavy atom. The van der Waals surface area contributed by atoms with Crippen molar-refractivity contribution < 1.29 is 14.4 Å². The molecule has 0 N–H and O–H groups in total. The first kappa shape index (κ1) is 16.1. The monoisotopic (exact) mass is 352 g/mol. The molecule has 0 amide bonds. The molecule has 2 atom stereocenters. The van der Waals surface area contributed by atoms with E-state index < -0.39 is 17.1 Å². The minimum Gasteiger partial charge on any atom is -0.497 e. The number of ether oxygens (including phenoxy) is 2. The lowest BCUT2D eigenvalue weighted by atomic mass is 9.91. The van der Waals surface area contributed by atoms with Crippen LogP contribution in [-0.2, 0) is 7.05 Å². The molecule has 0 saturated heterocycles. The summed E-state index contributed by atoms with van der Waals surface area (Å²) < 4.78 is 12.4. The molecule has 3 aromatic rings. The van der Waals surface area contributed by atoms with Gasteiger partial charge in [0.05, 0.1) is 23.1 Å². The fourth-order valence-electron chi connectivity index (χ4n) is 3.53. The standard InChI is InChI=1S/C19H16N2O5/c1-20-14-6-4-3-5-13(14)17-16(18(20)22)15(19(26-17)21(23)24)11-7-9-12(25-2)10-8-11/h3-10,15,19H,1-2H3/t15-,19-/m1/s1. The number of nitro groups is 1. The number of hydrogen-bond acceptors (Lipinski definition) is 5. The van der Waals surface area contributed by atoms with Crippen LogP contribution in [0.15, 0.2) is 53.3 Å². The van der Waals surface area contributed by atoms with E-state index in [1.807, 2.05) is 12.1 Å². The van der Waals surface area contributed by atoms with E-state index in [9.17, 15) is 14.9 Å². The molecular weight excluding hydrogens is 336 g/mol. The van der Waals surface area contributed by atoms with Crippen LogP contribution in [0.4, 0.5) is 0 Å². The highest BCUT2D eigenvalue weighted by atomic mass is 16.7. The molecule has 0 fully saturated rings. The smallest absolute Gasteiger partial charge is 0.365 e. The second kappa shape index (κ2) is 5.87. The van der Waals surface area contributed by atoms with Crippen LogP contribution in [0.1, 0.15) is 17.0 Å². The number of pyridine rings is 1. The minimum absolute atomic E-state index is 0.288. The second-order valence-electron chi connectivity index (χ2n) is 6.17. The summed E-state index contributed by atoms with van der Waals surface area (Å²) in [5.41, 5.74) is 1.34. The average Bonchev–Trinajstić information content (AvgIpc) is 3.07. The number of nitrogens with zero attached hydrogens (tertiary/aromatic N) is 2. The van der Waals surface area contributed by atoms with Gasteiger partial charge in [-0.15, -0.1) is 0 Å². The largest absolute Gasteiger partial charge is 0.497 e. The Morgan fingerprint density at radius 1 is 1.15 bits per heavy atom. The molecule has 26 heavy (non-hydrogen) atoms. The third kappa shape index (κ3) is 2.24. The van der Waals surface area contributed by atoms with Crippen LogP contribution in [0.3, 0.4) is 0 Å². The van der Waals surface area contributed by atoms with Gasteiger partial charge in [0.2, 0.25) is 0 Å². The zero-order chi connectivity index (χ0) is 18.4. The highest BCUT2D eigenvalue weighted by molar-refractivity contribution is 5.87. The van der Waals surface area contributed by atoms with Crippen molar-refractivity contribution in [3.05, 3.63) is 80.1 Å². The van der Waals surface area contributed by atoms with Gasteiger partial charge in [0, 0.05) is 12.4 Å². The average molecular weight is 352 g/mol. The number of fused-ring (bicyclic) bond motifs is 3. The third-order valence-corrected chi connectivity index (χ3v) is 4.81.